The predicted octanol–water partition coefficient (Wildman–Crippen LogP) is 5.81. The number of nitrogen functional groups attached to an aromatic ring is 1. The highest BCUT2D eigenvalue weighted by atomic mass is 35.5. The highest BCUT2D eigenvalue weighted by Gasteiger charge is 2.18. The van der Waals surface area contributed by atoms with E-state index in [2.05, 4.69) is 66.3 Å². The maximum absolute atomic E-state index is 6.20. The molecule has 5 aromatic rings. The van der Waals surface area contributed by atoms with Crippen molar-refractivity contribution < 1.29 is 4.74 Å². The first-order chi connectivity index (χ1) is 15.1. The molecule has 2 heterocycles. The molecule has 0 saturated heterocycles. The van der Waals surface area contributed by atoms with E-state index in [9.17, 15) is 0 Å². The van der Waals surface area contributed by atoms with Gasteiger partial charge in [0.05, 0.1) is 5.39 Å². The summed E-state index contributed by atoms with van der Waals surface area (Å²) in [6.45, 7) is 4.69. The molecular weight excluding hydrogens is 422 g/mol. The number of nitrogens with zero attached hydrogens (tertiary/aromatic N) is 4. The van der Waals surface area contributed by atoms with Crippen LogP contribution in [0.15, 0.2) is 73.1 Å². The number of fused-ring (bicyclic) bond motifs is 2. The van der Waals surface area contributed by atoms with Crippen molar-refractivity contribution in [1.82, 2.24) is 19.7 Å². The number of aromatic nitrogens is 4. The molecule has 5 rings (SSSR count). The second kappa shape index (κ2) is 8.85. The van der Waals surface area contributed by atoms with Crippen molar-refractivity contribution in [3.8, 4) is 17.0 Å². The Hall–Kier alpha value is -3.64. The van der Waals surface area contributed by atoms with Crippen LogP contribution in [0.2, 0.25) is 0 Å². The van der Waals surface area contributed by atoms with E-state index < -0.39 is 0 Å². The quantitative estimate of drug-likeness (QED) is 0.369. The van der Waals surface area contributed by atoms with Crippen LogP contribution in [0.3, 0.4) is 0 Å². The van der Waals surface area contributed by atoms with Crippen LogP contribution in [0.4, 0.5) is 5.82 Å². The lowest BCUT2D eigenvalue weighted by Crippen LogP contribution is -2.04. The van der Waals surface area contributed by atoms with E-state index >= 15 is 0 Å². The van der Waals surface area contributed by atoms with Gasteiger partial charge < -0.3 is 10.5 Å². The summed E-state index contributed by atoms with van der Waals surface area (Å²) in [5.41, 5.74) is 9.88. The van der Waals surface area contributed by atoms with Gasteiger partial charge in [-0.05, 0) is 48.4 Å². The Bertz CT molecular complexity index is 1380. The summed E-state index contributed by atoms with van der Waals surface area (Å²) in [5, 5.41) is 7.81. The molecule has 2 N–H and O–H groups in total. The van der Waals surface area contributed by atoms with Gasteiger partial charge in [-0.25, -0.2) is 14.6 Å². The Balaban J connectivity index is 0.00000245. The van der Waals surface area contributed by atoms with Crippen LogP contribution in [-0.2, 0) is 6.61 Å². The van der Waals surface area contributed by atoms with Crippen molar-refractivity contribution in [3.63, 3.8) is 0 Å². The minimum Gasteiger partial charge on any atom is -0.489 e. The zero-order valence-electron chi connectivity index (χ0n) is 17.9. The van der Waals surface area contributed by atoms with Gasteiger partial charge >= 0.3 is 0 Å². The number of anilines is 1. The number of rotatable bonds is 5. The van der Waals surface area contributed by atoms with E-state index in [-0.39, 0.29) is 18.4 Å². The van der Waals surface area contributed by atoms with E-state index in [1.165, 1.54) is 6.33 Å². The monoisotopic (exact) mass is 445 g/mol. The summed E-state index contributed by atoms with van der Waals surface area (Å²) in [4.78, 5) is 8.60. The van der Waals surface area contributed by atoms with Gasteiger partial charge in [0.2, 0.25) is 0 Å². The van der Waals surface area contributed by atoms with Crippen LogP contribution >= 0.6 is 12.4 Å². The van der Waals surface area contributed by atoms with Crippen molar-refractivity contribution in [2.75, 3.05) is 5.73 Å². The zero-order valence-corrected chi connectivity index (χ0v) is 18.7. The molecule has 0 atom stereocenters. The Morgan fingerprint density at radius 2 is 1.69 bits per heavy atom. The van der Waals surface area contributed by atoms with Crippen LogP contribution < -0.4 is 10.5 Å². The summed E-state index contributed by atoms with van der Waals surface area (Å²) in [7, 11) is 0. The van der Waals surface area contributed by atoms with Crippen LogP contribution in [0.5, 0.6) is 5.75 Å². The molecule has 7 heteroatoms. The number of ether oxygens (including phenoxy) is 1. The van der Waals surface area contributed by atoms with E-state index in [0.717, 1.165) is 44.4 Å². The Labute approximate surface area is 192 Å². The second-order valence-electron chi connectivity index (χ2n) is 7.84. The lowest BCUT2D eigenvalue weighted by molar-refractivity contribution is 0.306. The SMILES string of the molecule is CC(C)n1nc(-c2ccc3cc(OCc4ccccc4)ccc3c2)c2c(N)ncnc21.Cl. The Kier molecular flexibility index (Phi) is 5.97. The Morgan fingerprint density at radius 1 is 0.938 bits per heavy atom. The van der Waals surface area contributed by atoms with Gasteiger partial charge in [0.25, 0.3) is 0 Å². The number of hydrogen-bond acceptors (Lipinski definition) is 5. The maximum Gasteiger partial charge on any atom is 0.164 e. The van der Waals surface area contributed by atoms with E-state index in [1.54, 1.807) is 0 Å². The molecule has 162 valence electrons. The normalized spacial score (nSPS) is 11.1. The molecule has 32 heavy (non-hydrogen) atoms. The van der Waals surface area contributed by atoms with Crippen molar-refractivity contribution in [1.29, 1.82) is 0 Å². The second-order valence-corrected chi connectivity index (χ2v) is 7.84. The van der Waals surface area contributed by atoms with Crippen molar-refractivity contribution in [3.05, 3.63) is 78.6 Å². The summed E-state index contributed by atoms with van der Waals surface area (Å²) in [6.07, 6.45) is 1.49. The van der Waals surface area contributed by atoms with Crippen LogP contribution in [0.1, 0.15) is 25.5 Å². The van der Waals surface area contributed by atoms with Gasteiger partial charge in [0.1, 0.15) is 30.2 Å². The lowest BCUT2D eigenvalue weighted by Gasteiger charge is -2.08. The lowest BCUT2D eigenvalue weighted by atomic mass is 10.0. The molecule has 0 unspecified atom stereocenters. The molecule has 0 aliphatic carbocycles. The first-order valence-electron chi connectivity index (χ1n) is 10.3. The topological polar surface area (TPSA) is 78.9 Å². The third kappa shape index (κ3) is 3.97. The smallest absolute Gasteiger partial charge is 0.164 e. The fourth-order valence-corrected chi connectivity index (χ4v) is 3.76. The van der Waals surface area contributed by atoms with Gasteiger partial charge in [0, 0.05) is 11.6 Å². The summed E-state index contributed by atoms with van der Waals surface area (Å²) in [5.74, 6) is 1.29. The molecule has 0 aliphatic rings. The molecule has 0 aliphatic heterocycles. The Morgan fingerprint density at radius 3 is 2.47 bits per heavy atom. The fraction of sp³-hybridized carbons (Fsp3) is 0.160. The van der Waals surface area contributed by atoms with Crippen molar-refractivity contribution in [2.45, 2.75) is 26.5 Å². The van der Waals surface area contributed by atoms with Crippen LogP contribution in [0.25, 0.3) is 33.1 Å². The van der Waals surface area contributed by atoms with Gasteiger partial charge in [-0.2, -0.15) is 5.10 Å². The number of benzene rings is 3. The maximum atomic E-state index is 6.20. The number of nitrogens with two attached hydrogens (primary N) is 1. The number of halogens is 1. The first-order valence-corrected chi connectivity index (χ1v) is 10.3. The average molecular weight is 446 g/mol. The molecular formula is C25H24ClN5O. The van der Waals surface area contributed by atoms with E-state index in [4.69, 9.17) is 15.6 Å². The largest absolute Gasteiger partial charge is 0.489 e. The van der Waals surface area contributed by atoms with Gasteiger partial charge in [-0.3, -0.25) is 0 Å². The van der Waals surface area contributed by atoms with Crippen LogP contribution in [0, 0.1) is 0 Å². The van der Waals surface area contributed by atoms with Crippen molar-refractivity contribution in [2.24, 2.45) is 0 Å². The van der Waals surface area contributed by atoms with Crippen molar-refractivity contribution >= 4 is 40.0 Å². The number of hydrogen-bond donors (Lipinski definition) is 1. The average Bonchev–Trinajstić information content (AvgIpc) is 3.19. The third-order valence-corrected chi connectivity index (χ3v) is 5.34. The fourth-order valence-electron chi connectivity index (χ4n) is 3.76. The minimum absolute atomic E-state index is 0. The van der Waals surface area contributed by atoms with Gasteiger partial charge in [-0.15, -0.1) is 12.4 Å². The molecule has 0 bridgehead atoms. The van der Waals surface area contributed by atoms with E-state index in [1.807, 2.05) is 28.9 Å². The van der Waals surface area contributed by atoms with Crippen LogP contribution in [-0.4, -0.2) is 19.7 Å². The molecule has 2 aromatic heterocycles. The molecule has 0 spiro atoms. The molecule has 6 nitrogen and oxygen atoms in total. The zero-order chi connectivity index (χ0) is 21.4. The first kappa shape index (κ1) is 21.6. The predicted molar refractivity (Wildman–Crippen MR) is 131 cm³/mol. The summed E-state index contributed by atoms with van der Waals surface area (Å²) >= 11 is 0. The molecule has 0 fully saturated rings. The molecule has 0 amide bonds. The van der Waals surface area contributed by atoms with E-state index in [0.29, 0.717) is 12.4 Å². The third-order valence-electron chi connectivity index (χ3n) is 5.34. The standard InChI is InChI=1S/C25H23N5O.ClH/c1-16(2)30-25-22(24(26)27-15-28-25)23(29-30)20-9-8-19-13-21(11-10-18(19)12-20)31-14-17-6-4-3-5-7-17;/h3-13,15-16H,14H2,1-2H3,(H2,26,27,28);1H. The highest BCUT2D eigenvalue weighted by Crippen LogP contribution is 2.33. The molecule has 3 aromatic carbocycles. The van der Waals surface area contributed by atoms with Gasteiger partial charge in [0.15, 0.2) is 5.65 Å². The molecule has 0 radical (unpaired) electrons. The van der Waals surface area contributed by atoms with Gasteiger partial charge in [-0.1, -0.05) is 48.5 Å². The summed E-state index contributed by atoms with van der Waals surface area (Å²) < 4.78 is 7.87. The highest BCUT2D eigenvalue weighted by molar-refractivity contribution is 6.00. The summed E-state index contributed by atoms with van der Waals surface area (Å²) in [6, 6.07) is 22.7. The minimum atomic E-state index is 0. The molecule has 0 saturated carbocycles.